The molecule has 0 aliphatic rings. The van der Waals surface area contributed by atoms with Crippen molar-refractivity contribution in [2.45, 2.75) is 69.1 Å². The fraction of sp³-hybridized carbons (Fsp3) is 0.462. The molecule has 0 bridgehead atoms. The molecule has 4 unspecified atom stereocenters. The molecule has 0 saturated heterocycles. The van der Waals surface area contributed by atoms with E-state index < -0.39 is 53.8 Å². The van der Waals surface area contributed by atoms with E-state index in [2.05, 4.69) is 25.9 Å². The van der Waals surface area contributed by atoms with Crippen molar-refractivity contribution in [3.63, 3.8) is 0 Å². The first kappa shape index (κ1) is 31.9. The third-order valence-corrected chi connectivity index (χ3v) is 6.12. The number of benzene rings is 1. The minimum atomic E-state index is -1.24. The van der Waals surface area contributed by atoms with Gasteiger partial charge in [-0.25, -0.2) is 9.78 Å². The van der Waals surface area contributed by atoms with Crippen LogP contribution in [0.2, 0.25) is 0 Å². The molecule has 0 saturated carbocycles. The Balaban J connectivity index is 2.17. The number of aromatic amines is 1. The number of imidazole rings is 1. The van der Waals surface area contributed by atoms with Gasteiger partial charge in [0.15, 0.2) is 0 Å². The van der Waals surface area contributed by atoms with Crippen molar-refractivity contribution in [3.05, 3.63) is 54.1 Å². The quantitative estimate of drug-likeness (QED) is 0.0985. The van der Waals surface area contributed by atoms with Crippen LogP contribution in [-0.2, 0) is 36.8 Å². The predicted octanol–water partition coefficient (Wildman–Crippen LogP) is -1.54. The molecule has 14 heteroatoms. The van der Waals surface area contributed by atoms with Gasteiger partial charge >= 0.3 is 5.97 Å². The molecular weight excluding hydrogens is 520 g/mol. The Kier molecular flexibility index (Phi) is 13.3. The fourth-order valence-electron chi connectivity index (χ4n) is 3.92. The number of H-pyrrole nitrogens is 1. The van der Waals surface area contributed by atoms with Crippen LogP contribution in [0.5, 0.6) is 0 Å². The number of hydrogen-bond donors (Lipinski definition) is 8. The van der Waals surface area contributed by atoms with Crippen molar-refractivity contribution < 1.29 is 29.1 Å². The second-order valence-corrected chi connectivity index (χ2v) is 9.39. The van der Waals surface area contributed by atoms with E-state index in [4.69, 9.17) is 17.2 Å². The first-order valence-electron chi connectivity index (χ1n) is 13.0. The molecule has 4 atom stereocenters. The molecule has 11 N–H and O–H groups in total. The lowest BCUT2D eigenvalue weighted by atomic mass is 10.0. The first-order chi connectivity index (χ1) is 19.1. The maximum absolute atomic E-state index is 13.3. The van der Waals surface area contributed by atoms with Crippen molar-refractivity contribution in [2.75, 3.05) is 6.54 Å². The van der Waals surface area contributed by atoms with Crippen LogP contribution in [0.1, 0.15) is 43.4 Å². The molecule has 4 amide bonds. The number of rotatable bonds is 18. The number of hydrogen-bond acceptors (Lipinski definition) is 8. The number of carboxylic acid groups (broad SMARTS) is 1. The molecule has 0 spiro atoms. The number of carbonyl (C=O) groups is 5. The second kappa shape index (κ2) is 16.6. The number of aliphatic carboxylic acids is 1. The SMILES string of the molecule is NCCCCC(NC(=O)C(Cc1cnc[nH]1)NC(=O)C(CCC(N)=O)NC(=O)C(N)Cc1ccccc1)C(=O)O. The molecule has 14 nitrogen and oxygen atoms in total. The number of nitrogens with zero attached hydrogens (tertiary/aromatic N) is 1. The molecule has 0 fully saturated rings. The van der Waals surface area contributed by atoms with E-state index in [1.807, 2.05) is 18.2 Å². The van der Waals surface area contributed by atoms with E-state index in [9.17, 15) is 29.1 Å². The summed E-state index contributed by atoms with van der Waals surface area (Å²) in [6.07, 6.45) is 3.88. The van der Waals surface area contributed by atoms with Crippen molar-refractivity contribution in [1.29, 1.82) is 0 Å². The second-order valence-electron chi connectivity index (χ2n) is 9.39. The number of carbonyl (C=O) groups excluding carboxylic acids is 4. The predicted molar refractivity (Wildman–Crippen MR) is 145 cm³/mol. The third kappa shape index (κ3) is 11.2. The average molecular weight is 559 g/mol. The van der Waals surface area contributed by atoms with Gasteiger partial charge in [-0.15, -0.1) is 0 Å². The Morgan fingerprint density at radius 3 is 2.12 bits per heavy atom. The van der Waals surface area contributed by atoms with Crippen LogP contribution in [0.3, 0.4) is 0 Å². The van der Waals surface area contributed by atoms with Gasteiger partial charge in [-0.3, -0.25) is 19.2 Å². The van der Waals surface area contributed by atoms with Crippen LogP contribution < -0.4 is 33.2 Å². The van der Waals surface area contributed by atoms with E-state index in [0.717, 1.165) is 5.56 Å². The molecular formula is C26H38N8O6. The molecule has 218 valence electrons. The Morgan fingerprint density at radius 1 is 0.875 bits per heavy atom. The number of carboxylic acids is 1. The molecule has 1 heterocycles. The molecule has 1 aromatic heterocycles. The minimum Gasteiger partial charge on any atom is -0.480 e. The Bertz CT molecular complexity index is 1110. The largest absolute Gasteiger partial charge is 0.480 e. The van der Waals surface area contributed by atoms with Gasteiger partial charge in [-0.2, -0.15) is 0 Å². The van der Waals surface area contributed by atoms with Crippen LogP contribution in [0.25, 0.3) is 0 Å². The van der Waals surface area contributed by atoms with E-state index in [-0.39, 0.29) is 32.1 Å². The van der Waals surface area contributed by atoms with Crippen LogP contribution in [0.15, 0.2) is 42.9 Å². The lowest BCUT2D eigenvalue weighted by Gasteiger charge is -2.25. The summed E-state index contributed by atoms with van der Waals surface area (Å²) in [5.41, 5.74) is 18.1. The van der Waals surface area contributed by atoms with E-state index in [0.29, 0.717) is 25.1 Å². The van der Waals surface area contributed by atoms with Gasteiger partial charge in [0.1, 0.15) is 18.1 Å². The maximum atomic E-state index is 13.3. The fourth-order valence-corrected chi connectivity index (χ4v) is 3.92. The summed E-state index contributed by atoms with van der Waals surface area (Å²) in [4.78, 5) is 69.1. The monoisotopic (exact) mass is 558 g/mol. The molecule has 2 aromatic rings. The lowest BCUT2D eigenvalue weighted by molar-refractivity contribution is -0.142. The number of amides is 4. The molecule has 2 rings (SSSR count). The van der Waals surface area contributed by atoms with Crippen LogP contribution in [-0.4, -0.2) is 75.4 Å². The number of nitrogens with one attached hydrogen (secondary N) is 4. The zero-order chi connectivity index (χ0) is 29.5. The van der Waals surface area contributed by atoms with Gasteiger partial charge in [-0.1, -0.05) is 30.3 Å². The first-order valence-corrected chi connectivity index (χ1v) is 13.0. The summed E-state index contributed by atoms with van der Waals surface area (Å²) in [5.74, 6) is -4.06. The highest BCUT2D eigenvalue weighted by atomic mass is 16.4. The van der Waals surface area contributed by atoms with Gasteiger partial charge in [0.2, 0.25) is 23.6 Å². The molecule has 0 aliphatic carbocycles. The molecule has 1 aromatic carbocycles. The van der Waals surface area contributed by atoms with E-state index >= 15 is 0 Å². The van der Waals surface area contributed by atoms with Gasteiger partial charge in [0.25, 0.3) is 0 Å². The van der Waals surface area contributed by atoms with Crippen molar-refractivity contribution >= 4 is 29.6 Å². The standard InChI is InChI=1S/C26H38N8O6/c27-11-5-4-8-20(26(39)40)33-25(38)21(13-17-14-30-15-31-17)34-24(37)19(9-10-22(29)35)32-23(36)18(28)12-16-6-2-1-3-7-16/h1-3,6-7,14-15,18-21H,4-5,8-13,27-28H2,(H2,29,35)(H,30,31)(H,32,36)(H,33,38)(H,34,37)(H,39,40). The van der Waals surface area contributed by atoms with Gasteiger partial charge in [0.05, 0.1) is 12.4 Å². The van der Waals surface area contributed by atoms with Crippen LogP contribution >= 0.6 is 0 Å². The number of nitrogens with two attached hydrogens (primary N) is 3. The van der Waals surface area contributed by atoms with Crippen molar-refractivity contribution in [3.8, 4) is 0 Å². The average Bonchev–Trinajstić information content (AvgIpc) is 3.43. The number of unbranched alkanes of at least 4 members (excludes halogenated alkanes) is 1. The Hall–Kier alpha value is -4.30. The highest BCUT2D eigenvalue weighted by Crippen LogP contribution is 2.07. The highest BCUT2D eigenvalue weighted by molar-refractivity contribution is 5.94. The highest BCUT2D eigenvalue weighted by Gasteiger charge is 2.31. The van der Waals surface area contributed by atoms with Crippen molar-refractivity contribution in [2.24, 2.45) is 17.2 Å². The molecule has 0 aliphatic heterocycles. The smallest absolute Gasteiger partial charge is 0.326 e. The number of aromatic nitrogens is 2. The molecule has 40 heavy (non-hydrogen) atoms. The third-order valence-electron chi connectivity index (χ3n) is 6.12. The van der Waals surface area contributed by atoms with Crippen molar-refractivity contribution in [1.82, 2.24) is 25.9 Å². The Morgan fingerprint density at radius 2 is 1.52 bits per heavy atom. The summed E-state index contributed by atoms with van der Waals surface area (Å²) >= 11 is 0. The zero-order valence-corrected chi connectivity index (χ0v) is 22.2. The summed E-state index contributed by atoms with van der Waals surface area (Å²) in [5, 5.41) is 17.1. The van der Waals surface area contributed by atoms with Crippen LogP contribution in [0.4, 0.5) is 0 Å². The summed E-state index contributed by atoms with van der Waals surface area (Å²) in [6.45, 7) is 0.381. The normalized spacial score (nSPS) is 13.8. The van der Waals surface area contributed by atoms with E-state index in [1.165, 1.54) is 12.5 Å². The van der Waals surface area contributed by atoms with Gasteiger partial charge in [0, 0.05) is 24.7 Å². The van der Waals surface area contributed by atoms with E-state index in [1.54, 1.807) is 12.1 Å². The summed E-state index contributed by atoms with van der Waals surface area (Å²) in [6, 6.07) is 4.42. The summed E-state index contributed by atoms with van der Waals surface area (Å²) < 4.78 is 0. The van der Waals surface area contributed by atoms with Gasteiger partial charge in [-0.05, 0) is 44.2 Å². The summed E-state index contributed by atoms with van der Waals surface area (Å²) in [7, 11) is 0. The molecule has 0 radical (unpaired) electrons. The zero-order valence-electron chi connectivity index (χ0n) is 22.2. The Labute approximate surface area is 231 Å². The van der Waals surface area contributed by atoms with Crippen LogP contribution in [0, 0.1) is 0 Å². The topological polar surface area (TPSA) is 248 Å². The van der Waals surface area contributed by atoms with Gasteiger partial charge < -0.3 is 43.2 Å². The lowest BCUT2D eigenvalue weighted by Crippen LogP contribution is -2.58. The minimum absolute atomic E-state index is 0.0449. The maximum Gasteiger partial charge on any atom is 0.326 e. The number of primary amides is 1.